The number of carbonyl (C=O) groups excluding carboxylic acids is 1. The van der Waals surface area contributed by atoms with E-state index in [1.165, 1.54) is 11.3 Å². The topological polar surface area (TPSA) is 51.2 Å². The minimum atomic E-state index is -0.0611. The zero-order valence-corrected chi connectivity index (χ0v) is 13.5. The minimum Gasteiger partial charge on any atom is -0.497 e. The van der Waals surface area contributed by atoms with Gasteiger partial charge in [0, 0.05) is 10.9 Å². The molecule has 112 valence electrons. The van der Waals surface area contributed by atoms with Gasteiger partial charge in [0.15, 0.2) is 0 Å². The van der Waals surface area contributed by atoms with Crippen molar-refractivity contribution in [1.29, 1.82) is 0 Å². The van der Waals surface area contributed by atoms with Crippen LogP contribution in [0.4, 0.5) is 0 Å². The average Bonchev–Trinajstić information content (AvgIpc) is 3.24. The average molecular weight is 330 g/mol. The lowest BCUT2D eigenvalue weighted by Gasteiger charge is -2.01. The van der Waals surface area contributed by atoms with Gasteiger partial charge in [-0.3, -0.25) is 4.79 Å². The molecule has 6 heteroatoms. The van der Waals surface area contributed by atoms with E-state index >= 15 is 0 Å². The number of rotatable bonds is 5. The predicted molar refractivity (Wildman–Crippen MR) is 89.6 cm³/mol. The highest BCUT2D eigenvalue weighted by molar-refractivity contribution is 7.13. The smallest absolute Gasteiger partial charge is 0.261 e. The highest BCUT2D eigenvalue weighted by atomic mass is 32.1. The number of hydrogen-bond donors (Lipinski definition) is 1. The zero-order valence-electron chi connectivity index (χ0n) is 11.9. The van der Waals surface area contributed by atoms with Gasteiger partial charge >= 0.3 is 0 Å². The fourth-order valence-corrected chi connectivity index (χ4v) is 3.39. The fourth-order valence-electron chi connectivity index (χ4n) is 1.92. The van der Waals surface area contributed by atoms with Crippen LogP contribution in [0.2, 0.25) is 0 Å². The maximum atomic E-state index is 11.9. The summed E-state index contributed by atoms with van der Waals surface area (Å²) in [5.74, 6) is 0.762. The number of nitrogens with zero attached hydrogens (tertiary/aromatic N) is 1. The van der Waals surface area contributed by atoms with Crippen LogP contribution in [-0.4, -0.2) is 18.0 Å². The molecule has 3 rings (SSSR count). The zero-order chi connectivity index (χ0) is 15.4. The number of thiazole rings is 1. The van der Waals surface area contributed by atoms with Gasteiger partial charge in [-0.05, 0) is 35.7 Å². The van der Waals surface area contributed by atoms with E-state index in [0.29, 0.717) is 11.4 Å². The summed E-state index contributed by atoms with van der Waals surface area (Å²) in [7, 11) is 1.65. The van der Waals surface area contributed by atoms with Crippen molar-refractivity contribution >= 4 is 28.6 Å². The Kier molecular flexibility index (Phi) is 4.50. The first-order chi connectivity index (χ1) is 10.8. The van der Waals surface area contributed by atoms with Gasteiger partial charge in [-0.15, -0.1) is 22.7 Å². The molecule has 0 radical (unpaired) electrons. The van der Waals surface area contributed by atoms with Crippen molar-refractivity contribution in [2.24, 2.45) is 0 Å². The van der Waals surface area contributed by atoms with Gasteiger partial charge in [0.1, 0.15) is 10.8 Å². The molecular formula is C16H14N2O2S2. The van der Waals surface area contributed by atoms with Crippen LogP contribution in [0, 0.1) is 0 Å². The Hall–Kier alpha value is -2.18. The quantitative estimate of drug-likeness (QED) is 0.774. The second-order valence-corrected chi connectivity index (χ2v) is 6.34. The predicted octanol–water partition coefficient (Wildman–Crippen LogP) is 3.81. The molecule has 1 amide bonds. The van der Waals surface area contributed by atoms with Crippen molar-refractivity contribution in [3.63, 3.8) is 0 Å². The highest BCUT2D eigenvalue weighted by Crippen LogP contribution is 2.25. The van der Waals surface area contributed by atoms with Gasteiger partial charge < -0.3 is 10.1 Å². The van der Waals surface area contributed by atoms with Crippen LogP contribution in [0.25, 0.3) is 10.6 Å². The summed E-state index contributed by atoms with van der Waals surface area (Å²) in [5.41, 5.74) is 1.90. The number of amides is 1. The van der Waals surface area contributed by atoms with E-state index in [9.17, 15) is 4.79 Å². The molecule has 0 saturated heterocycles. The Morgan fingerprint density at radius 1 is 1.23 bits per heavy atom. The van der Waals surface area contributed by atoms with Gasteiger partial charge in [0.2, 0.25) is 0 Å². The summed E-state index contributed by atoms with van der Waals surface area (Å²) in [6.45, 7) is 0.434. The largest absolute Gasteiger partial charge is 0.497 e. The van der Waals surface area contributed by atoms with Gasteiger partial charge in [-0.2, -0.15) is 0 Å². The normalized spacial score (nSPS) is 10.4. The van der Waals surface area contributed by atoms with Crippen LogP contribution >= 0.6 is 22.7 Å². The lowest BCUT2D eigenvalue weighted by atomic mass is 10.2. The highest BCUT2D eigenvalue weighted by Gasteiger charge is 2.08. The molecule has 0 aliphatic rings. The summed E-state index contributed by atoms with van der Waals surface area (Å²) < 4.78 is 5.15. The number of carbonyl (C=O) groups is 1. The second-order valence-electron chi connectivity index (χ2n) is 4.53. The number of ether oxygens (including phenoxy) is 1. The molecule has 2 heterocycles. The summed E-state index contributed by atoms with van der Waals surface area (Å²) in [6.07, 6.45) is 0. The third kappa shape index (κ3) is 3.35. The first-order valence-corrected chi connectivity index (χ1v) is 8.43. The van der Waals surface area contributed by atoms with Crippen LogP contribution in [0.15, 0.2) is 47.2 Å². The second kappa shape index (κ2) is 6.72. The van der Waals surface area contributed by atoms with E-state index in [1.54, 1.807) is 18.4 Å². The summed E-state index contributed by atoms with van der Waals surface area (Å²) in [4.78, 5) is 17.2. The van der Waals surface area contributed by atoms with Crippen LogP contribution < -0.4 is 10.1 Å². The lowest BCUT2D eigenvalue weighted by Crippen LogP contribution is -2.21. The van der Waals surface area contributed by atoms with E-state index in [4.69, 9.17) is 4.74 Å². The van der Waals surface area contributed by atoms with Crippen LogP contribution in [0.3, 0.4) is 0 Å². The summed E-state index contributed by atoms with van der Waals surface area (Å²) in [5, 5.41) is 7.67. The molecule has 0 aliphatic carbocycles. The Balaban J connectivity index is 1.64. The molecular weight excluding hydrogens is 316 g/mol. The molecule has 4 nitrogen and oxygen atoms in total. The first kappa shape index (κ1) is 14.7. The maximum absolute atomic E-state index is 11.9. The van der Waals surface area contributed by atoms with E-state index in [1.807, 2.05) is 47.2 Å². The number of aromatic nitrogens is 1. The number of thiophene rings is 1. The third-order valence-electron chi connectivity index (χ3n) is 3.06. The Labute approximate surface area is 136 Å². The molecule has 3 aromatic rings. The van der Waals surface area contributed by atoms with Crippen molar-refractivity contribution in [2.75, 3.05) is 7.11 Å². The molecule has 1 aromatic carbocycles. The van der Waals surface area contributed by atoms with Gasteiger partial charge in [-0.25, -0.2) is 4.98 Å². The monoisotopic (exact) mass is 330 g/mol. The minimum absolute atomic E-state index is 0.0611. The van der Waals surface area contributed by atoms with E-state index < -0.39 is 0 Å². The standard InChI is InChI=1S/C16H14N2O2S2/c1-20-13-6-4-11(5-7-13)16-18-12(10-22-16)9-17-15(19)14-3-2-8-21-14/h2-8,10H,9H2,1H3,(H,17,19). The first-order valence-electron chi connectivity index (χ1n) is 6.67. The van der Waals surface area contributed by atoms with Gasteiger partial charge in [0.05, 0.1) is 24.2 Å². The van der Waals surface area contributed by atoms with Crippen LogP contribution in [-0.2, 0) is 6.54 Å². The third-order valence-corrected chi connectivity index (χ3v) is 4.87. The number of methoxy groups -OCH3 is 1. The van der Waals surface area contributed by atoms with E-state index in [0.717, 1.165) is 22.0 Å². The molecule has 2 aromatic heterocycles. The molecule has 0 bridgehead atoms. The Bertz CT molecular complexity index is 749. The maximum Gasteiger partial charge on any atom is 0.261 e. The number of nitrogens with one attached hydrogen (secondary N) is 1. The van der Waals surface area contributed by atoms with Crippen molar-refractivity contribution < 1.29 is 9.53 Å². The number of benzene rings is 1. The molecule has 0 unspecified atom stereocenters. The Morgan fingerprint density at radius 3 is 2.73 bits per heavy atom. The van der Waals surface area contributed by atoms with Crippen LogP contribution in [0.1, 0.15) is 15.4 Å². The van der Waals surface area contributed by atoms with Crippen molar-refractivity contribution in [2.45, 2.75) is 6.54 Å². The Morgan fingerprint density at radius 2 is 2.05 bits per heavy atom. The fraction of sp³-hybridized carbons (Fsp3) is 0.125. The lowest BCUT2D eigenvalue weighted by molar-refractivity contribution is 0.0954. The van der Waals surface area contributed by atoms with E-state index in [-0.39, 0.29) is 5.91 Å². The molecule has 0 saturated carbocycles. The summed E-state index contributed by atoms with van der Waals surface area (Å²) in [6, 6.07) is 11.5. The SMILES string of the molecule is COc1ccc(-c2nc(CNC(=O)c3cccs3)cs2)cc1. The van der Waals surface area contributed by atoms with Gasteiger partial charge in [-0.1, -0.05) is 6.07 Å². The van der Waals surface area contributed by atoms with Crippen molar-refractivity contribution in [1.82, 2.24) is 10.3 Å². The van der Waals surface area contributed by atoms with Gasteiger partial charge in [0.25, 0.3) is 5.91 Å². The molecule has 22 heavy (non-hydrogen) atoms. The van der Waals surface area contributed by atoms with E-state index in [2.05, 4.69) is 10.3 Å². The molecule has 1 N–H and O–H groups in total. The molecule has 0 fully saturated rings. The molecule has 0 aliphatic heterocycles. The number of hydrogen-bond acceptors (Lipinski definition) is 5. The van der Waals surface area contributed by atoms with Crippen LogP contribution in [0.5, 0.6) is 5.75 Å². The van der Waals surface area contributed by atoms with Crippen molar-refractivity contribution in [3.05, 3.63) is 57.7 Å². The summed E-state index contributed by atoms with van der Waals surface area (Å²) >= 11 is 2.99. The van der Waals surface area contributed by atoms with Crippen molar-refractivity contribution in [3.8, 4) is 16.3 Å². The molecule has 0 atom stereocenters. The molecule has 0 spiro atoms.